The molecular weight excluding hydrogens is 342 g/mol. The van der Waals surface area contributed by atoms with E-state index in [0.717, 1.165) is 36.6 Å². The summed E-state index contributed by atoms with van der Waals surface area (Å²) in [5, 5.41) is 20.6. The van der Waals surface area contributed by atoms with Gasteiger partial charge in [0.05, 0.1) is 6.10 Å². The highest BCUT2D eigenvalue weighted by Gasteiger charge is 2.53. The molecule has 1 saturated carbocycles. The first-order chi connectivity index (χ1) is 12.8. The van der Waals surface area contributed by atoms with Crippen molar-refractivity contribution in [1.29, 1.82) is 0 Å². The number of phenols is 1. The summed E-state index contributed by atoms with van der Waals surface area (Å²) in [6, 6.07) is 3.75. The molecule has 0 amide bonds. The lowest BCUT2D eigenvalue weighted by molar-refractivity contribution is -0.127. The number of benzene rings is 1. The largest absolute Gasteiger partial charge is 0.504 e. The number of carbonyl (C=O) groups is 1. The zero-order chi connectivity index (χ0) is 19.3. The fourth-order valence-corrected chi connectivity index (χ4v) is 4.99. The van der Waals surface area contributed by atoms with Gasteiger partial charge in [-0.05, 0) is 56.7 Å². The van der Waals surface area contributed by atoms with Crippen LogP contribution in [0.1, 0.15) is 70.0 Å². The topological polar surface area (TPSA) is 70.0 Å². The minimum absolute atomic E-state index is 0.0841. The van der Waals surface area contributed by atoms with Crippen molar-refractivity contribution in [3.63, 3.8) is 0 Å². The molecule has 1 aromatic rings. The molecule has 0 saturated heterocycles. The van der Waals surface area contributed by atoms with Gasteiger partial charge in [-0.25, -0.2) is 0 Å². The van der Waals surface area contributed by atoms with Crippen LogP contribution in [0.4, 0.5) is 0 Å². The second kappa shape index (κ2) is 6.78. The number of nitrogens with zero attached hydrogens (tertiary/aromatic N) is 1. The van der Waals surface area contributed by atoms with Gasteiger partial charge in [0, 0.05) is 30.0 Å². The third-order valence-electron chi connectivity index (χ3n) is 6.67. The van der Waals surface area contributed by atoms with Crippen LogP contribution in [0.5, 0.6) is 11.5 Å². The lowest BCUT2D eigenvalue weighted by Crippen LogP contribution is -2.42. The average molecular weight is 373 g/mol. The highest BCUT2D eigenvalue weighted by atomic mass is 16.5. The first kappa shape index (κ1) is 18.8. The fraction of sp³-hybridized carbons (Fsp3) is 0.682. The van der Waals surface area contributed by atoms with E-state index in [1.165, 1.54) is 12.8 Å². The third-order valence-corrected chi connectivity index (χ3v) is 6.67. The minimum Gasteiger partial charge on any atom is -0.504 e. The number of aromatic hydroxyl groups is 1. The number of rotatable bonds is 6. The van der Waals surface area contributed by atoms with E-state index in [1.807, 2.05) is 19.9 Å². The van der Waals surface area contributed by atoms with E-state index < -0.39 is 17.6 Å². The summed E-state index contributed by atoms with van der Waals surface area (Å²) >= 11 is 0. The van der Waals surface area contributed by atoms with Crippen molar-refractivity contribution in [3.05, 3.63) is 23.3 Å². The Balaban J connectivity index is 1.83. The summed E-state index contributed by atoms with van der Waals surface area (Å²) in [6.07, 6.45) is 3.49. The molecule has 2 aliphatic heterocycles. The number of aliphatic hydroxyl groups is 1. The van der Waals surface area contributed by atoms with Crippen molar-refractivity contribution in [2.24, 2.45) is 5.92 Å². The monoisotopic (exact) mass is 373 g/mol. The van der Waals surface area contributed by atoms with Crippen LogP contribution in [0.25, 0.3) is 0 Å². The van der Waals surface area contributed by atoms with Crippen LogP contribution in [0.2, 0.25) is 0 Å². The maximum absolute atomic E-state index is 12.7. The Hall–Kier alpha value is -1.59. The van der Waals surface area contributed by atoms with E-state index in [0.29, 0.717) is 18.6 Å². The lowest BCUT2D eigenvalue weighted by Gasteiger charge is -2.32. The summed E-state index contributed by atoms with van der Waals surface area (Å²) in [5.41, 5.74) is 1.65. The molecule has 148 valence electrons. The molecule has 2 heterocycles. The molecule has 1 aliphatic carbocycles. The molecule has 27 heavy (non-hydrogen) atoms. The van der Waals surface area contributed by atoms with Crippen LogP contribution >= 0.6 is 0 Å². The summed E-state index contributed by atoms with van der Waals surface area (Å²) in [7, 11) is 0. The predicted octanol–water partition coefficient (Wildman–Crippen LogP) is 3.32. The number of Topliss-reactive ketones (excluding diaryl/α,β-unsaturated/α-hetero) is 1. The summed E-state index contributed by atoms with van der Waals surface area (Å²) in [5.74, 6) is 1.42. The Morgan fingerprint density at radius 3 is 2.78 bits per heavy atom. The van der Waals surface area contributed by atoms with Crippen LogP contribution in [0.3, 0.4) is 0 Å². The van der Waals surface area contributed by atoms with Crippen LogP contribution in [0.15, 0.2) is 12.1 Å². The smallest absolute Gasteiger partial charge is 0.173 e. The number of ketones is 1. The zero-order valence-electron chi connectivity index (χ0n) is 16.6. The van der Waals surface area contributed by atoms with E-state index in [2.05, 4.69) is 11.8 Å². The highest BCUT2D eigenvalue weighted by Crippen LogP contribution is 2.55. The van der Waals surface area contributed by atoms with Gasteiger partial charge in [-0.15, -0.1) is 0 Å². The molecule has 2 N–H and O–H groups in total. The number of hydrogen-bond donors (Lipinski definition) is 2. The van der Waals surface area contributed by atoms with Crippen LogP contribution < -0.4 is 4.74 Å². The quantitative estimate of drug-likeness (QED) is 0.800. The molecule has 4 atom stereocenters. The van der Waals surface area contributed by atoms with Crippen LogP contribution in [-0.2, 0) is 10.2 Å². The summed E-state index contributed by atoms with van der Waals surface area (Å²) in [4.78, 5) is 15.2. The van der Waals surface area contributed by atoms with Gasteiger partial charge in [-0.2, -0.15) is 0 Å². The van der Waals surface area contributed by atoms with Gasteiger partial charge < -0.3 is 14.9 Å². The third kappa shape index (κ3) is 3.15. The Morgan fingerprint density at radius 2 is 2.15 bits per heavy atom. The zero-order valence-corrected chi connectivity index (χ0v) is 16.6. The first-order valence-electron chi connectivity index (χ1n) is 10.3. The first-order valence-corrected chi connectivity index (χ1v) is 10.3. The Morgan fingerprint density at radius 1 is 1.41 bits per heavy atom. The molecule has 0 spiro atoms. The van der Waals surface area contributed by atoms with Crippen molar-refractivity contribution in [2.45, 2.75) is 76.5 Å². The van der Waals surface area contributed by atoms with Gasteiger partial charge in [0.1, 0.15) is 0 Å². The fourth-order valence-electron chi connectivity index (χ4n) is 4.99. The minimum atomic E-state index is -0.544. The van der Waals surface area contributed by atoms with Crippen molar-refractivity contribution in [1.82, 2.24) is 4.90 Å². The van der Waals surface area contributed by atoms with E-state index in [9.17, 15) is 15.0 Å². The average Bonchev–Trinajstić information content (AvgIpc) is 3.40. The molecule has 5 nitrogen and oxygen atoms in total. The van der Waals surface area contributed by atoms with Gasteiger partial charge in [-0.1, -0.05) is 19.9 Å². The van der Waals surface area contributed by atoms with E-state index >= 15 is 0 Å². The van der Waals surface area contributed by atoms with Crippen molar-refractivity contribution < 1.29 is 19.7 Å². The molecule has 0 radical (unpaired) electrons. The van der Waals surface area contributed by atoms with E-state index in [-0.39, 0.29) is 17.6 Å². The number of carbonyl (C=O) groups excluding carboxylic acids is 1. The number of ether oxygens (including phenoxy) is 1. The molecule has 3 aliphatic rings. The number of hydrogen-bond acceptors (Lipinski definition) is 5. The molecule has 5 heteroatoms. The van der Waals surface area contributed by atoms with Crippen molar-refractivity contribution >= 4 is 5.78 Å². The molecular formula is C22H31NO4. The molecule has 1 fully saturated rings. The maximum Gasteiger partial charge on any atom is 0.173 e. The highest BCUT2D eigenvalue weighted by molar-refractivity contribution is 5.87. The van der Waals surface area contributed by atoms with Gasteiger partial charge in [0.2, 0.25) is 0 Å². The van der Waals surface area contributed by atoms with Crippen LogP contribution in [-0.4, -0.2) is 46.2 Å². The molecule has 0 aromatic heterocycles. The molecule has 1 aromatic carbocycles. The lowest BCUT2D eigenvalue weighted by atomic mass is 9.72. The summed E-state index contributed by atoms with van der Waals surface area (Å²) in [6.45, 7) is 7.72. The van der Waals surface area contributed by atoms with Gasteiger partial charge in [0.25, 0.3) is 0 Å². The normalized spacial score (nSPS) is 31.1. The van der Waals surface area contributed by atoms with Crippen molar-refractivity contribution in [2.75, 3.05) is 13.1 Å². The molecule has 1 unspecified atom stereocenters. The van der Waals surface area contributed by atoms with Gasteiger partial charge in [0.15, 0.2) is 23.4 Å². The Bertz CT molecular complexity index is 742. The van der Waals surface area contributed by atoms with E-state index in [1.54, 1.807) is 6.07 Å². The van der Waals surface area contributed by atoms with Gasteiger partial charge in [-0.3, -0.25) is 9.69 Å². The maximum atomic E-state index is 12.7. The number of aliphatic hydroxyl groups excluding tert-OH is 1. The Labute approximate surface area is 161 Å². The SMILES string of the molecule is CCC(=O)[C@@H]1Oc2c(O)ccc3c2[C@@]1(C)CCN(CC1CC1)C3C[C@@H](C)O. The molecule has 0 bridgehead atoms. The van der Waals surface area contributed by atoms with E-state index in [4.69, 9.17) is 4.74 Å². The van der Waals surface area contributed by atoms with Crippen LogP contribution in [0, 0.1) is 5.92 Å². The summed E-state index contributed by atoms with van der Waals surface area (Å²) < 4.78 is 6.07. The van der Waals surface area contributed by atoms with Crippen molar-refractivity contribution in [3.8, 4) is 11.5 Å². The van der Waals surface area contributed by atoms with Gasteiger partial charge >= 0.3 is 0 Å². The Kier molecular flexibility index (Phi) is 4.71. The second-order valence-electron chi connectivity index (χ2n) is 8.90. The second-order valence-corrected chi connectivity index (χ2v) is 8.90. The molecule has 4 rings (SSSR count). The predicted molar refractivity (Wildman–Crippen MR) is 103 cm³/mol. The standard InChI is InChI=1S/C22H31NO4/c1-4-17(25)21-22(3)9-10-23(12-14-5-6-14)16(11-13(2)24)15-7-8-18(26)20(27-21)19(15)22/h7-8,13-14,16,21,24,26H,4-6,9-12H2,1-3H3/t13-,16?,21+,22-/m1/s1. The number of phenolic OH excluding ortho intramolecular Hbond substituents is 1.